The van der Waals surface area contributed by atoms with Crippen molar-refractivity contribution in [1.82, 2.24) is 14.9 Å². The molecule has 0 fully saturated rings. The lowest BCUT2D eigenvalue weighted by Gasteiger charge is -2.19. The molecule has 1 N–H and O–H groups in total. The van der Waals surface area contributed by atoms with E-state index in [-0.39, 0.29) is 18.9 Å². The molecule has 0 radical (unpaired) electrons. The van der Waals surface area contributed by atoms with Gasteiger partial charge in [-0.3, -0.25) is 9.78 Å². The molecular weight excluding hydrogens is 415 g/mol. The molecule has 1 amide bonds. The molecule has 0 bridgehead atoms. The maximum atomic E-state index is 13.4. The monoisotopic (exact) mass is 437 g/mol. The van der Waals surface area contributed by atoms with E-state index in [4.69, 9.17) is 0 Å². The normalized spacial score (nSPS) is 12.6. The first-order valence-electron chi connectivity index (χ1n) is 10.2. The van der Waals surface area contributed by atoms with Crippen LogP contribution in [0.25, 0.3) is 10.9 Å². The van der Waals surface area contributed by atoms with E-state index in [0.29, 0.717) is 11.3 Å². The molecule has 0 aliphatic rings. The van der Waals surface area contributed by atoms with Crippen LogP contribution >= 0.6 is 0 Å². The molecule has 4 aromatic rings. The summed E-state index contributed by atoms with van der Waals surface area (Å²) < 4.78 is 42.0. The molecular formula is C25H22F3N3O. The number of alkyl halides is 3. The van der Waals surface area contributed by atoms with Gasteiger partial charge in [-0.2, -0.15) is 13.2 Å². The summed E-state index contributed by atoms with van der Waals surface area (Å²) in [7, 11) is 1.89. The van der Waals surface area contributed by atoms with Gasteiger partial charge in [0.1, 0.15) is 0 Å². The number of carbonyl (C=O) groups is 1. The third-order valence-electron chi connectivity index (χ3n) is 5.50. The third-order valence-corrected chi connectivity index (χ3v) is 5.50. The highest BCUT2D eigenvalue weighted by Gasteiger charge is 2.32. The molecule has 32 heavy (non-hydrogen) atoms. The van der Waals surface area contributed by atoms with Gasteiger partial charge in [-0.1, -0.05) is 42.5 Å². The summed E-state index contributed by atoms with van der Waals surface area (Å²) >= 11 is 0. The van der Waals surface area contributed by atoms with Crippen molar-refractivity contribution in [3.8, 4) is 0 Å². The average molecular weight is 437 g/mol. The van der Waals surface area contributed by atoms with Crippen LogP contribution in [0.3, 0.4) is 0 Å². The number of nitrogens with zero attached hydrogens (tertiary/aromatic N) is 2. The molecule has 0 aliphatic heterocycles. The number of para-hydroxylation sites is 1. The van der Waals surface area contributed by atoms with E-state index in [9.17, 15) is 18.0 Å². The Hall–Kier alpha value is -3.61. The van der Waals surface area contributed by atoms with Crippen LogP contribution in [0.2, 0.25) is 0 Å². The van der Waals surface area contributed by atoms with Gasteiger partial charge in [0.25, 0.3) is 0 Å². The number of rotatable bonds is 6. The second-order valence-electron chi connectivity index (χ2n) is 7.69. The smallest absolute Gasteiger partial charge is 0.350 e. The summed E-state index contributed by atoms with van der Waals surface area (Å²) in [6.45, 7) is 0.254. The fourth-order valence-corrected chi connectivity index (χ4v) is 3.94. The van der Waals surface area contributed by atoms with E-state index in [1.54, 1.807) is 24.4 Å². The van der Waals surface area contributed by atoms with Gasteiger partial charge < -0.3 is 9.88 Å². The number of aromatic nitrogens is 2. The molecule has 0 aliphatic carbocycles. The Bertz CT molecular complexity index is 1230. The van der Waals surface area contributed by atoms with Gasteiger partial charge in [-0.25, -0.2) is 0 Å². The predicted molar refractivity (Wildman–Crippen MR) is 117 cm³/mol. The van der Waals surface area contributed by atoms with Gasteiger partial charge in [0.15, 0.2) is 0 Å². The summed E-state index contributed by atoms with van der Waals surface area (Å²) in [5, 5.41) is 3.75. The number of hydrogen-bond acceptors (Lipinski definition) is 2. The van der Waals surface area contributed by atoms with Crippen LogP contribution in [-0.2, 0) is 24.6 Å². The second-order valence-corrected chi connectivity index (χ2v) is 7.69. The van der Waals surface area contributed by atoms with Gasteiger partial charge in [0.05, 0.1) is 17.8 Å². The van der Waals surface area contributed by atoms with Crippen LogP contribution < -0.4 is 5.32 Å². The number of hydrogen-bond donors (Lipinski definition) is 1. The van der Waals surface area contributed by atoms with Gasteiger partial charge in [-0.15, -0.1) is 0 Å². The molecule has 1 atom stereocenters. The van der Waals surface area contributed by atoms with Gasteiger partial charge in [0, 0.05) is 42.7 Å². The first kappa shape index (κ1) is 21.6. The Labute approximate surface area is 183 Å². The number of carbonyl (C=O) groups excluding carboxylic acids is 1. The zero-order chi connectivity index (χ0) is 22.7. The van der Waals surface area contributed by atoms with Crippen molar-refractivity contribution in [3.05, 3.63) is 102 Å². The number of halogens is 3. The quantitative estimate of drug-likeness (QED) is 0.437. The van der Waals surface area contributed by atoms with E-state index < -0.39 is 17.7 Å². The van der Waals surface area contributed by atoms with E-state index in [1.165, 1.54) is 6.07 Å². The second kappa shape index (κ2) is 8.86. The molecule has 0 saturated heterocycles. The first-order valence-corrected chi connectivity index (χ1v) is 10.2. The topological polar surface area (TPSA) is 46.9 Å². The first-order chi connectivity index (χ1) is 15.3. The van der Waals surface area contributed by atoms with E-state index in [0.717, 1.165) is 28.6 Å². The van der Waals surface area contributed by atoms with Crippen molar-refractivity contribution in [2.75, 3.05) is 0 Å². The van der Waals surface area contributed by atoms with Crippen molar-refractivity contribution in [2.45, 2.75) is 25.1 Å². The Kier molecular flexibility index (Phi) is 5.99. The molecule has 2 aromatic heterocycles. The van der Waals surface area contributed by atoms with Gasteiger partial charge in [0.2, 0.25) is 5.91 Å². The summed E-state index contributed by atoms with van der Waals surface area (Å²) in [5.41, 5.74) is 2.20. The Morgan fingerprint density at radius 1 is 1.06 bits per heavy atom. The molecule has 0 saturated carbocycles. The van der Waals surface area contributed by atoms with Crippen LogP contribution in [0.5, 0.6) is 0 Å². The van der Waals surface area contributed by atoms with Crippen LogP contribution in [0.4, 0.5) is 13.2 Å². The number of benzene rings is 2. The largest absolute Gasteiger partial charge is 0.416 e. The van der Waals surface area contributed by atoms with E-state index >= 15 is 0 Å². The van der Waals surface area contributed by atoms with Crippen molar-refractivity contribution >= 4 is 16.8 Å². The highest BCUT2D eigenvalue weighted by atomic mass is 19.4. The summed E-state index contributed by atoms with van der Waals surface area (Å²) in [5.74, 6) is -0.793. The van der Waals surface area contributed by atoms with Crippen molar-refractivity contribution in [3.63, 3.8) is 0 Å². The van der Waals surface area contributed by atoms with Crippen LogP contribution in [0.15, 0.2) is 79.1 Å². The number of nitrogens with one attached hydrogen (secondary N) is 1. The lowest BCUT2D eigenvalue weighted by molar-refractivity contribution is -0.137. The SMILES string of the molecule is Cn1cc([C@@H](CC(=O)NCc2ccccn2)c2cccc(C(F)(F)F)c2)c2ccccc21. The van der Waals surface area contributed by atoms with Crippen LogP contribution in [-0.4, -0.2) is 15.5 Å². The lowest BCUT2D eigenvalue weighted by atomic mass is 9.87. The standard InChI is InChI=1S/C25H22F3N3O/c1-31-16-22(20-10-2-3-11-23(20)31)21(17-7-6-8-18(13-17)25(26,27)28)14-24(32)30-15-19-9-4-5-12-29-19/h2-13,16,21H,14-15H2,1H3,(H,30,32)/t21-/m0/s1. The zero-order valence-corrected chi connectivity index (χ0v) is 17.4. The minimum Gasteiger partial charge on any atom is -0.350 e. The van der Waals surface area contributed by atoms with E-state index in [1.807, 2.05) is 48.1 Å². The lowest BCUT2D eigenvalue weighted by Crippen LogP contribution is -2.25. The van der Waals surface area contributed by atoms with E-state index in [2.05, 4.69) is 10.3 Å². The number of pyridine rings is 1. The molecule has 4 nitrogen and oxygen atoms in total. The maximum Gasteiger partial charge on any atom is 0.416 e. The molecule has 2 aromatic carbocycles. The number of fused-ring (bicyclic) bond motifs is 1. The van der Waals surface area contributed by atoms with Crippen LogP contribution in [0.1, 0.15) is 34.7 Å². The fourth-order valence-electron chi connectivity index (χ4n) is 3.94. The summed E-state index contributed by atoms with van der Waals surface area (Å²) in [4.78, 5) is 17.0. The van der Waals surface area contributed by atoms with Crippen molar-refractivity contribution < 1.29 is 18.0 Å². The minimum absolute atomic E-state index is 0.0160. The average Bonchev–Trinajstić information content (AvgIpc) is 3.13. The maximum absolute atomic E-state index is 13.4. The zero-order valence-electron chi connectivity index (χ0n) is 17.4. The molecule has 0 spiro atoms. The fraction of sp³-hybridized carbons (Fsp3) is 0.200. The van der Waals surface area contributed by atoms with Crippen molar-refractivity contribution in [1.29, 1.82) is 0 Å². The summed E-state index contributed by atoms with van der Waals surface area (Å²) in [6, 6.07) is 18.3. The third kappa shape index (κ3) is 4.66. The molecule has 4 rings (SSSR count). The Morgan fingerprint density at radius 2 is 1.84 bits per heavy atom. The van der Waals surface area contributed by atoms with Gasteiger partial charge in [-0.05, 0) is 35.4 Å². The van der Waals surface area contributed by atoms with Gasteiger partial charge >= 0.3 is 6.18 Å². The Balaban J connectivity index is 1.69. The van der Waals surface area contributed by atoms with Crippen LogP contribution in [0, 0.1) is 0 Å². The molecule has 7 heteroatoms. The van der Waals surface area contributed by atoms with Crippen molar-refractivity contribution in [2.24, 2.45) is 7.05 Å². The highest BCUT2D eigenvalue weighted by molar-refractivity contribution is 5.86. The number of aryl methyl sites for hydroxylation is 1. The summed E-state index contributed by atoms with van der Waals surface area (Å²) in [6.07, 6.45) is -0.909. The Morgan fingerprint density at radius 3 is 2.59 bits per heavy atom. The predicted octanol–water partition coefficient (Wildman–Crippen LogP) is 5.43. The number of amides is 1. The molecule has 0 unspecified atom stereocenters. The molecule has 164 valence electrons. The molecule has 2 heterocycles. The highest BCUT2D eigenvalue weighted by Crippen LogP contribution is 2.37. The minimum atomic E-state index is -4.46.